The molecule has 1 aliphatic carbocycles. The van der Waals surface area contributed by atoms with Gasteiger partial charge in [-0.25, -0.2) is 0 Å². The molecule has 2 fully saturated rings. The van der Waals surface area contributed by atoms with Crippen molar-refractivity contribution >= 4 is 11.9 Å². The van der Waals surface area contributed by atoms with Gasteiger partial charge in [-0.2, -0.15) is 0 Å². The maximum atomic E-state index is 12.2. The van der Waals surface area contributed by atoms with Crippen molar-refractivity contribution in [1.29, 1.82) is 0 Å². The number of carbonyl (C=O) groups excluding carboxylic acids is 2. The molecule has 0 amide bonds. The molecule has 1 saturated heterocycles. The van der Waals surface area contributed by atoms with Crippen LogP contribution in [0.4, 0.5) is 0 Å². The Balaban J connectivity index is 1.97. The number of carbonyl (C=O) groups is 2. The number of hydrogen-bond acceptors (Lipinski definition) is 5. The summed E-state index contributed by atoms with van der Waals surface area (Å²) in [6.07, 6.45) is 1.20. The van der Waals surface area contributed by atoms with Crippen LogP contribution in [0, 0.1) is 11.8 Å². The predicted octanol–water partition coefficient (Wildman–Crippen LogP) is 2.02. The monoisotopic (exact) mass is 294 g/mol. The first kappa shape index (κ1) is 15.8. The maximum absolute atomic E-state index is 12.2. The summed E-state index contributed by atoms with van der Waals surface area (Å²) >= 11 is 0. The summed E-state index contributed by atoms with van der Waals surface area (Å²) in [5.41, 5.74) is 1.53. The van der Waals surface area contributed by atoms with E-state index in [2.05, 4.69) is 13.2 Å². The molecule has 1 saturated carbocycles. The van der Waals surface area contributed by atoms with Gasteiger partial charge in [-0.1, -0.05) is 13.2 Å². The second-order valence-electron chi connectivity index (χ2n) is 6.03. The van der Waals surface area contributed by atoms with Crippen molar-refractivity contribution in [3.63, 3.8) is 0 Å². The number of epoxide rings is 1. The normalized spacial score (nSPS) is 30.0. The highest BCUT2D eigenvalue weighted by molar-refractivity contribution is 5.82. The second-order valence-corrected chi connectivity index (χ2v) is 6.03. The molecule has 0 N–H and O–H groups in total. The molecule has 4 atom stereocenters. The fourth-order valence-corrected chi connectivity index (χ4v) is 2.55. The van der Waals surface area contributed by atoms with Gasteiger partial charge in [0.05, 0.1) is 24.0 Å². The van der Waals surface area contributed by atoms with Gasteiger partial charge in [0.2, 0.25) is 0 Å². The van der Waals surface area contributed by atoms with Crippen LogP contribution in [0.15, 0.2) is 24.3 Å². The van der Waals surface area contributed by atoms with Crippen LogP contribution in [0.2, 0.25) is 0 Å². The molecule has 1 heterocycles. The Morgan fingerprint density at radius 3 is 1.67 bits per heavy atom. The first-order valence-electron chi connectivity index (χ1n) is 7.16. The van der Waals surface area contributed by atoms with Gasteiger partial charge in [0.15, 0.2) is 0 Å². The average molecular weight is 294 g/mol. The lowest BCUT2D eigenvalue weighted by Gasteiger charge is -2.26. The zero-order valence-corrected chi connectivity index (χ0v) is 12.6. The molecule has 0 bridgehead atoms. The summed E-state index contributed by atoms with van der Waals surface area (Å²) in [5.74, 6) is -1.73. The molecule has 116 valence electrons. The van der Waals surface area contributed by atoms with Crippen molar-refractivity contribution in [2.45, 2.75) is 38.9 Å². The van der Waals surface area contributed by atoms with E-state index in [0.29, 0.717) is 12.8 Å². The lowest BCUT2D eigenvalue weighted by Crippen LogP contribution is -2.38. The van der Waals surface area contributed by atoms with Crippen molar-refractivity contribution in [2.75, 3.05) is 13.2 Å². The van der Waals surface area contributed by atoms with Crippen molar-refractivity contribution in [3.8, 4) is 0 Å². The Kier molecular flexibility index (Phi) is 4.83. The molecule has 0 aromatic heterocycles. The van der Waals surface area contributed by atoms with Crippen LogP contribution >= 0.6 is 0 Å². The van der Waals surface area contributed by atoms with E-state index in [1.807, 2.05) is 0 Å². The lowest BCUT2D eigenvalue weighted by atomic mass is 9.79. The summed E-state index contributed by atoms with van der Waals surface area (Å²) < 4.78 is 15.8. The molecule has 2 rings (SSSR count). The van der Waals surface area contributed by atoms with Crippen LogP contribution < -0.4 is 0 Å². The molecular weight excluding hydrogens is 272 g/mol. The topological polar surface area (TPSA) is 65.1 Å². The first-order valence-corrected chi connectivity index (χ1v) is 7.16. The molecule has 0 aromatic rings. The zero-order valence-electron chi connectivity index (χ0n) is 12.6. The third-order valence-corrected chi connectivity index (χ3v) is 3.67. The molecule has 0 aromatic carbocycles. The fraction of sp³-hybridized carbons (Fsp3) is 0.625. The summed E-state index contributed by atoms with van der Waals surface area (Å²) in [4.78, 5) is 24.4. The number of esters is 2. The van der Waals surface area contributed by atoms with E-state index in [1.54, 1.807) is 13.8 Å². The van der Waals surface area contributed by atoms with Gasteiger partial charge in [-0.05, 0) is 37.8 Å². The standard InChI is InChI=1S/C16H22O5/c1-9(2)7-19-15(17)11-5-13-14(21-13)6-12(11)16(18)20-8-10(3)4/h11-14H,1,3,5-8H2,2,4H3/t11-,12-,13-,14-/m0/s1. The Morgan fingerprint density at radius 2 is 1.33 bits per heavy atom. The largest absolute Gasteiger partial charge is 0.461 e. The van der Waals surface area contributed by atoms with Gasteiger partial charge in [0.1, 0.15) is 13.2 Å². The third kappa shape index (κ3) is 4.17. The zero-order chi connectivity index (χ0) is 15.6. The highest BCUT2D eigenvalue weighted by Crippen LogP contribution is 2.43. The highest BCUT2D eigenvalue weighted by atomic mass is 16.6. The van der Waals surface area contributed by atoms with Crippen LogP contribution in [0.25, 0.3) is 0 Å². The Morgan fingerprint density at radius 1 is 0.952 bits per heavy atom. The van der Waals surface area contributed by atoms with Crippen molar-refractivity contribution in [2.24, 2.45) is 11.8 Å². The third-order valence-electron chi connectivity index (χ3n) is 3.67. The molecule has 21 heavy (non-hydrogen) atoms. The number of fused-ring (bicyclic) bond motifs is 1. The van der Waals surface area contributed by atoms with Gasteiger partial charge in [0.25, 0.3) is 0 Å². The van der Waals surface area contributed by atoms with Gasteiger partial charge >= 0.3 is 11.9 Å². The molecule has 1 aliphatic heterocycles. The van der Waals surface area contributed by atoms with Crippen LogP contribution in [0.5, 0.6) is 0 Å². The molecule has 5 heteroatoms. The van der Waals surface area contributed by atoms with Crippen molar-refractivity contribution in [1.82, 2.24) is 0 Å². The first-order chi connectivity index (χ1) is 9.88. The van der Waals surface area contributed by atoms with E-state index in [0.717, 1.165) is 11.1 Å². The number of hydrogen-bond donors (Lipinski definition) is 0. The molecular formula is C16H22O5. The maximum Gasteiger partial charge on any atom is 0.310 e. The fourth-order valence-electron chi connectivity index (χ4n) is 2.55. The minimum atomic E-state index is -0.495. The van der Waals surface area contributed by atoms with E-state index in [4.69, 9.17) is 14.2 Å². The van der Waals surface area contributed by atoms with Crippen molar-refractivity contribution in [3.05, 3.63) is 24.3 Å². The molecule has 5 nitrogen and oxygen atoms in total. The van der Waals surface area contributed by atoms with Crippen LogP contribution in [0.1, 0.15) is 26.7 Å². The van der Waals surface area contributed by atoms with Gasteiger partial charge in [0, 0.05) is 0 Å². The number of rotatable bonds is 6. The van der Waals surface area contributed by atoms with Crippen LogP contribution in [-0.4, -0.2) is 37.4 Å². The highest BCUT2D eigenvalue weighted by Gasteiger charge is 2.53. The Bertz CT molecular complexity index is 425. The summed E-state index contributed by atoms with van der Waals surface area (Å²) in [7, 11) is 0. The van der Waals surface area contributed by atoms with E-state index in [9.17, 15) is 9.59 Å². The van der Waals surface area contributed by atoms with Gasteiger partial charge < -0.3 is 14.2 Å². The second kappa shape index (κ2) is 6.43. The average Bonchev–Trinajstić information content (AvgIpc) is 3.18. The lowest BCUT2D eigenvalue weighted by molar-refractivity contribution is -0.161. The molecule has 2 aliphatic rings. The van der Waals surface area contributed by atoms with E-state index in [1.165, 1.54) is 0 Å². The number of ether oxygens (including phenoxy) is 3. The molecule has 0 spiro atoms. The SMILES string of the molecule is C=C(C)COC(=O)[C@H]1C[C@@H]2O[C@H]2C[C@@H]1C(=O)OCC(=C)C. The summed E-state index contributed by atoms with van der Waals surface area (Å²) in [6.45, 7) is 11.3. The van der Waals surface area contributed by atoms with E-state index < -0.39 is 11.8 Å². The quantitative estimate of drug-likeness (QED) is 0.426. The van der Waals surface area contributed by atoms with Crippen molar-refractivity contribution < 1.29 is 23.8 Å². The van der Waals surface area contributed by atoms with Gasteiger partial charge in [-0.15, -0.1) is 0 Å². The van der Waals surface area contributed by atoms with Crippen LogP contribution in [0.3, 0.4) is 0 Å². The van der Waals surface area contributed by atoms with E-state index in [-0.39, 0.29) is 37.4 Å². The Hall–Kier alpha value is -1.62. The van der Waals surface area contributed by atoms with Gasteiger partial charge in [-0.3, -0.25) is 9.59 Å². The Labute approximate surface area is 124 Å². The predicted molar refractivity (Wildman–Crippen MR) is 76.4 cm³/mol. The molecule has 0 radical (unpaired) electrons. The minimum Gasteiger partial charge on any atom is -0.461 e. The summed E-state index contributed by atoms with van der Waals surface area (Å²) in [5, 5.41) is 0. The molecule has 0 unspecified atom stereocenters. The summed E-state index contributed by atoms with van der Waals surface area (Å²) in [6, 6.07) is 0. The smallest absolute Gasteiger partial charge is 0.310 e. The minimum absolute atomic E-state index is 0.0811. The van der Waals surface area contributed by atoms with E-state index >= 15 is 0 Å². The van der Waals surface area contributed by atoms with Crippen LogP contribution in [-0.2, 0) is 23.8 Å².